The van der Waals surface area contributed by atoms with Gasteiger partial charge in [0.2, 0.25) is 5.79 Å². The molecule has 84 valence electrons. The summed E-state index contributed by atoms with van der Waals surface area (Å²) in [7, 11) is 1.59. The number of alkyl halides is 1. The molecular weight excluding hydrogens is 275 g/mol. The van der Waals surface area contributed by atoms with Crippen molar-refractivity contribution in [1.29, 1.82) is 0 Å². The molecule has 0 aliphatic heterocycles. The Balaban J connectivity index is 2.23. The minimum atomic E-state index is -1.27. The second kappa shape index (κ2) is 3.20. The van der Waals surface area contributed by atoms with Gasteiger partial charge in [0.25, 0.3) is 0 Å². The molecule has 1 aliphatic carbocycles. The molecule has 2 aromatic rings. The molecule has 1 aromatic heterocycles. The van der Waals surface area contributed by atoms with Crippen molar-refractivity contribution in [2.24, 2.45) is 0 Å². The number of hydrogen-bond acceptors (Lipinski definition) is 2. The van der Waals surface area contributed by atoms with E-state index in [1.54, 1.807) is 13.3 Å². The van der Waals surface area contributed by atoms with Crippen molar-refractivity contribution in [3.8, 4) is 5.75 Å². The van der Waals surface area contributed by atoms with Gasteiger partial charge in [-0.15, -0.1) is 0 Å². The minimum Gasteiger partial charge on any atom is -0.494 e. The summed E-state index contributed by atoms with van der Waals surface area (Å²) in [5.41, 5.74) is 0.703. The van der Waals surface area contributed by atoms with Crippen LogP contribution in [-0.4, -0.2) is 16.9 Å². The normalized spacial score (nSPS) is 17.7. The third kappa shape index (κ3) is 1.42. The quantitative estimate of drug-likeness (QED) is 0.847. The molecule has 0 amide bonds. The lowest BCUT2D eigenvalue weighted by Crippen LogP contribution is -2.10. The number of nitrogens with zero attached hydrogens (tertiary/aromatic N) is 2. The average Bonchev–Trinajstić information content (AvgIpc) is 2.86. The molecule has 3 nitrogen and oxygen atoms in total. The third-order valence-corrected chi connectivity index (χ3v) is 3.29. The molecule has 0 unspecified atom stereocenters. The first-order valence-corrected chi connectivity index (χ1v) is 5.84. The lowest BCUT2D eigenvalue weighted by Gasteiger charge is -2.03. The third-order valence-electron chi connectivity index (χ3n) is 2.83. The molecule has 1 fully saturated rings. The molecule has 0 radical (unpaired) electrons. The van der Waals surface area contributed by atoms with Crippen LogP contribution in [0.4, 0.5) is 4.39 Å². The van der Waals surface area contributed by atoms with Crippen LogP contribution in [0.3, 0.4) is 0 Å². The van der Waals surface area contributed by atoms with Gasteiger partial charge in [-0.3, -0.25) is 0 Å². The van der Waals surface area contributed by atoms with Crippen molar-refractivity contribution in [2.75, 3.05) is 7.11 Å². The molecule has 0 bridgehead atoms. The van der Waals surface area contributed by atoms with E-state index in [2.05, 4.69) is 21.0 Å². The lowest BCUT2D eigenvalue weighted by molar-refractivity contribution is 0.189. The summed E-state index contributed by atoms with van der Waals surface area (Å²) in [4.78, 5) is 0. The maximum absolute atomic E-state index is 13.9. The second-order valence-electron chi connectivity index (χ2n) is 4.04. The molecule has 0 N–H and O–H groups in total. The number of benzene rings is 1. The van der Waals surface area contributed by atoms with Gasteiger partial charge in [-0.1, -0.05) is 15.9 Å². The molecule has 0 spiro atoms. The van der Waals surface area contributed by atoms with E-state index in [4.69, 9.17) is 4.74 Å². The lowest BCUT2D eigenvalue weighted by atomic mass is 10.2. The van der Waals surface area contributed by atoms with Crippen LogP contribution >= 0.6 is 15.9 Å². The molecule has 1 heterocycles. The van der Waals surface area contributed by atoms with Gasteiger partial charge in [0.05, 0.1) is 7.11 Å². The van der Waals surface area contributed by atoms with Gasteiger partial charge in [-0.25, -0.2) is 9.07 Å². The van der Waals surface area contributed by atoms with Crippen LogP contribution in [0, 0.1) is 0 Å². The molecule has 1 saturated carbocycles. The van der Waals surface area contributed by atoms with Gasteiger partial charge in [0, 0.05) is 28.9 Å². The highest BCUT2D eigenvalue weighted by Gasteiger charge is 2.46. The fourth-order valence-electron chi connectivity index (χ4n) is 1.76. The first kappa shape index (κ1) is 10.1. The predicted molar refractivity (Wildman–Crippen MR) is 62.3 cm³/mol. The topological polar surface area (TPSA) is 27.1 Å². The van der Waals surface area contributed by atoms with Crippen LogP contribution in [0.25, 0.3) is 10.9 Å². The molecule has 3 rings (SSSR count). The van der Waals surface area contributed by atoms with Crippen LogP contribution in [0.15, 0.2) is 22.8 Å². The van der Waals surface area contributed by atoms with E-state index in [0.29, 0.717) is 24.1 Å². The first-order chi connectivity index (χ1) is 7.62. The molecule has 1 aromatic carbocycles. The Morgan fingerprint density at radius 2 is 2.25 bits per heavy atom. The zero-order valence-electron chi connectivity index (χ0n) is 8.70. The van der Waals surface area contributed by atoms with E-state index in [0.717, 1.165) is 9.86 Å². The number of hydrogen-bond donors (Lipinski definition) is 0. The molecule has 16 heavy (non-hydrogen) atoms. The van der Waals surface area contributed by atoms with Crippen molar-refractivity contribution in [1.82, 2.24) is 9.78 Å². The maximum Gasteiger partial charge on any atom is 0.202 e. The summed E-state index contributed by atoms with van der Waals surface area (Å²) in [6.07, 6.45) is 2.82. The summed E-state index contributed by atoms with van der Waals surface area (Å²) in [5.74, 6) is -0.608. The molecular formula is C11H10BrFN2O. The number of methoxy groups -OCH3 is 1. The van der Waals surface area contributed by atoms with Crippen molar-refractivity contribution in [3.05, 3.63) is 22.8 Å². The summed E-state index contributed by atoms with van der Waals surface area (Å²) in [6.45, 7) is 0. The summed E-state index contributed by atoms with van der Waals surface area (Å²) < 4.78 is 21.4. The summed E-state index contributed by atoms with van der Waals surface area (Å²) in [5, 5.41) is 5.14. The fourth-order valence-corrected chi connectivity index (χ4v) is 2.22. The Bertz CT molecular complexity index is 562. The van der Waals surface area contributed by atoms with Crippen LogP contribution in [0.5, 0.6) is 5.75 Å². The van der Waals surface area contributed by atoms with Gasteiger partial charge >= 0.3 is 0 Å². The van der Waals surface area contributed by atoms with E-state index < -0.39 is 5.79 Å². The zero-order chi connectivity index (χ0) is 11.3. The van der Waals surface area contributed by atoms with Crippen molar-refractivity contribution in [3.63, 3.8) is 0 Å². The van der Waals surface area contributed by atoms with Crippen molar-refractivity contribution in [2.45, 2.75) is 18.6 Å². The van der Waals surface area contributed by atoms with Gasteiger partial charge in [-0.05, 0) is 12.1 Å². The number of rotatable bonds is 2. The number of halogens is 2. The van der Waals surface area contributed by atoms with Crippen LogP contribution in [0.1, 0.15) is 12.8 Å². The molecule has 0 atom stereocenters. The SMILES string of the molecule is COc1cc(Br)cc2cn(C3(F)CC3)nc12. The number of ether oxygens (including phenoxy) is 1. The van der Waals surface area contributed by atoms with E-state index in [9.17, 15) is 4.39 Å². The monoisotopic (exact) mass is 284 g/mol. The number of fused-ring (bicyclic) bond motifs is 1. The fraction of sp³-hybridized carbons (Fsp3) is 0.364. The van der Waals surface area contributed by atoms with Gasteiger partial charge < -0.3 is 4.74 Å². The van der Waals surface area contributed by atoms with E-state index >= 15 is 0 Å². The summed E-state index contributed by atoms with van der Waals surface area (Å²) in [6, 6.07) is 3.74. The smallest absolute Gasteiger partial charge is 0.202 e. The van der Waals surface area contributed by atoms with Gasteiger partial charge in [0.1, 0.15) is 11.3 Å². The Hall–Kier alpha value is -1.10. The Morgan fingerprint density at radius 3 is 2.88 bits per heavy atom. The van der Waals surface area contributed by atoms with Crippen molar-refractivity contribution >= 4 is 26.8 Å². The van der Waals surface area contributed by atoms with Crippen LogP contribution in [-0.2, 0) is 5.79 Å². The highest BCUT2D eigenvalue weighted by molar-refractivity contribution is 9.10. The second-order valence-corrected chi connectivity index (χ2v) is 4.95. The molecule has 5 heteroatoms. The Kier molecular flexibility index (Phi) is 2.01. The standard InChI is InChI=1S/C11H10BrFN2O/c1-16-9-5-8(12)4-7-6-15(14-10(7)9)11(13)2-3-11/h4-6H,2-3H2,1H3. The highest BCUT2D eigenvalue weighted by Crippen LogP contribution is 2.45. The summed E-state index contributed by atoms with van der Waals surface area (Å²) >= 11 is 3.39. The van der Waals surface area contributed by atoms with Crippen LogP contribution in [0.2, 0.25) is 0 Å². The minimum absolute atomic E-state index is 0.546. The maximum atomic E-state index is 13.9. The zero-order valence-corrected chi connectivity index (χ0v) is 10.3. The van der Waals surface area contributed by atoms with Gasteiger partial charge in [0.15, 0.2) is 0 Å². The Morgan fingerprint density at radius 1 is 1.50 bits per heavy atom. The molecule has 1 aliphatic rings. The van der Waals surface area contributed by atoms with E-state index in [1.165, 1.54) is 4.68 Å². The van der Waals surface area contributed by atoms with E-state index in [-0.39, 0.29) is 0 Å². The number of aromatic nitrogens is 2. The Labute approximate surface area is 100 Å². The van der Waals surface area contributed by atoms with E-state index in [1.807, 2.05) is 12.1 Å². The highest BCUT2D eigenvalue weighted by atomic mass is 79.9. The largest absolute Gasteiger partial charge is 0.494 e. The van der Waals surface area contributed by atoms with Crippen LogP contribution < -0.4 is 4.74 Å². The first-order valence-electron chi connectivity index (χ1n) is 5.05. The van der Waals surface area contributed by atoms with Gasteiger partial charge in [-0.2, -0.15) is 5.10 Å². The van der Waals surface area contributed by atoms with Crippen molar-refractivity contribution < 1.29 is 9.13 Å². The molecule has 0 saturated heterocycles. The predicted octanol–water partition coefficient (Wildman–Crippen LogP) is 3.22. The average molecular weight is 285 g/mol.